The number of rotatable bonds is 4. The van der Waals surface area contributed by atoms with Crippen molar-refractivity contribution in [2.45, 2.75) is 38.6 Å². The highest BCUT2D eigenvalue weighted by atomic mass is 19.1. The van der Waals surface area contributed by atoms with Gasteiger partial charge in [0.1, 0.15) is 5.82 Å². The van der Waals surface area contributed by atoms with Crippen molar-refractivity contribution < 1.29 is 14.3 Å². The van der Waals surface area contributed by atoms with Crippen LogP contribution in [-0.4, -0.2) is 24.2 Å². The molecular formula is C17H22FNO2. The Kier molecular flexibility index (Phi) is 4.99. The maximum absolute atomic E-state index is 14.1. The van der Waals surface area contributed by atoms with Crippen molar-refractivity contribution in [1.82, 2.24) is 0 Å². The Morgan fingerprint density at radius 2 is 2.10 bits per heavy atom. The molecule has 1 aromatic rings. The van der Waals surface area contributed by atoms with Gasteiger partial charge in [0.25, 0.3) is 0 Å². The minimum Gasteiger partial charge on any atom is -0.478 e. The fourth-order valence-corrected chi connectivity index (χ4v) is 3.20. The molecule has 1 saturated carbocycles. The quantitative estimate of drug-likeness (QED) is 0.854. The SMILES string of the molecule is CC1CCCCC1N(C)c1cccc(F)c1/C=C/C(=O)O. The molecule has 0 heterocycles. The summed E-state index contributed by atoms with van der Waals surface area (Å²) in [5.41, 5.74) is 1.10. The number of anilines is 1. The molecule has 1 aliphatic carbocycles. The molecule has 0 radical (unpaired) electrons. The number of hydrogen-bond donors (Lipinski definition) is 1. The van der Waals surface area contributed by atoms with Crippen molar-refractivity contribution in [1.29, 1.82) is 0 Å². The van der Waals surface area contributed by atoms with Gasteiger partial charge in [0.15, 0.2) is 0 Å². The number of nitrogens with zero attached hydrogens (tertiary/aromatic N) is 1. The van der Waals surface area contributed by atoms with E-state index in [0.29, 0.717) is 17.5 Å². The number of aliphatic carboxylic acids is 1. The molecule has 21 heavy (non-hydrogen) atoms. The fraction of sp³-hybridized carbons (Fsp3) is 0.471. The minimum absolute atomic E-state index is 0.347. The Bertz CT molecular complexity index is 542. The molecular weight excluding hydrogens is 269 g/mol. The van der Waals surface area contributed by atoms with Gasteiger partial charge < -0.3 is 10.0 Å². The van der Waals surface area contributed by atoms with Crippen LogP contribution >= 0.6 is 0 Å². The molecule has 0 bridgehead atoms. The molecule has 1 aromatic carbocycles. The number of carboxylic acid groups (broad SMARTS) is 1. The second-order valence-electron chi connectivity index (χ2n) is 5.78. The third kappa shape index (κ3) is 3.63. The summed E-state index contributed by atoms with van der Waals surface area (Å²) in [6, 6.07) is 5.26. The summed E-state index contributed by atoms with van der Waals surface area (Å²) in [4.78, 5) is 12.8. The van der Waals surface area contributed by atoms with Gasteiger partial charge in [-0.2, -0.15) is 0 Å². The summed E-state index contributed by atoms with van der Waals surface area (Å²) in [5, 5.41) is 8.76. The lowest BCUT2D eigenvalue weighted by atomic mass is 9.84. The molecule has 0 amide bonds. The van der Waals surface area contributed by atoms with Gasteiger partial charge >= 0.3 is 5.97 Å². The maximum Gasteiger partial charge on any atom is 0.328 e. The molecule has 2 unspecified atom stereocenters. The molecule has 114 valence electrons. The molecule has 0 spiro atoms. The van der Waals surface area contributed by atoms with Crippen molar-refractivity contribution >= 4 is 17.7 Å². The van der Waals surface area contributed by atoms with E-state index in [4.69, 9.17) is 5.11 Å². The lowest BCUT2D eigenvalue weighted by Crippen LogP contribution is -2.39. The molecule has 1 N–H and O–H groups in total. The first kappa shape index (κ1) is 15.5. The molecule has 0 aromatic heterocycles. The zero-order valence-corrected chi connectivity index (χ0v) is 12.6. The Labute approximate surface area is 125 Å². The molecule has 1 fully saturated rings. The van der Waals surface area contributed by atoms with Gasteiger partial charge in [-0.25, -0.2) is 9.18 Å². The zero-order chi connectivity index (χ0) is 15.4. The third-order valence-corrected chi connectivity index (χ3v) is 4.37. The largest absolute Gasteiger partial charge is 0.478 e. The van der Waals surface area contributed by atoms with Crippen LogP contribution < -0.4 is 4.90 Å². The molecule has 1 aliphatic rings. The number of carboxylic acids is 1. The molecule has 2 atom stereocenters. The van der Waals surface area contributed by atoms with Gasteiger partial charge in [-0.3, -0.25) is 0 Å². The summed E-state index contributed by atoms with van der Waals surface area (Å²) < 4.78 is 14.1. The van der Waals surface area contributed by atoms with Crippen molar-refractivity contribution in [2.75, 3.05) is 11.9 Å². The van der Waals surface area contributed by atoms with Crippen LogP contribution in [0.15, 0.2) is 24.3 Å². The predicted molar refractivity (Wildman–Crippen MR) is 82.9 cm³/mol. The first-order chi connectivity index (χ1) is 10.0. The van der Waals surface area contributed by atoms with Crippen LogP contribution in [0.5, 0.6) is 0 Å². The third-order valence-electron chi connectivity index (χ3n) is 4.37. The Hall–Kier alpha value is -1.84. The monoisotopic (exact) mass is 291 g/mol. The fourth-order valence-electron chi connectivity index (χ4n) is 3.20. The second-order valence-corrected chi connectivity index (χ2v) is 5.78. The van der Waals surface area contributed by atoms with E-state index in [9.17, 15) is 9.18 Å². The Morgan fingerprint density at radius 3 is 2.76 bits per heavy atom. The van der Waals surface area contributed by atoms with Crippen molar-refractivity contribution in [3.63, 3.8) is 0 Å². The highest BCUT2D eigenvalue weighted by Gasteiger charge is 2.26. The maximum atomic E-state index is 14.1. The van der Waals surface area contributed by atoms with E-state index < -0.39 is 5.97 Å². The van der Waals surface area contributed by atoms with Gasteiger partial charge in [0.05, 0.1) is 0 Å². The first-order valence-electron chi connectivity index (χ1n) is 7.43. The normalized spacial score (nSPS) is 22.4. The van der Waals surface area contributed by atoms with Crippen LogP contribution in [0.1, 0.15) is 38.2 Å². The molecule has 0 aliphatic heterocycles. The van der Waals surface area contributed by atoms with Gasteiger partial charge in [-0.1, -0.05) is 25.8 Å². The number of carbonyl (C=O) groups is 1. The summed E-state index contributed by atoms with van der Waals surface area (Å²) in [5.74, 6) is -0.901. The topological polar surface area (TPSA) is 40.5 Å². The van der Waals surface area contributed by atoms with E-state index in [1.54, 1.807) is 6.07 Å². The zero-order valence-electron chi connectivity index (χ0n) is 12.6. The van der Waals surface area contributed by atoms with Crippen LogP contribution in [0.25, 0.3) is 6.08 Å². The summed E-state index contributed by atoms with van der Waals surface area (Å²) in [6.45, 7) is 2.23. The second kappa shape index (κ2) is 6.74. The van der Waals surface area contributed by atoms with Crippen LogP contribution in [0.3, 0.4) is 0 Å². The first-order valence-corrected chi connectivity index (χ1v) is 7.43. The van der Waals surface area contributed by atoms with E-state index in [-0.39, 0.29) is 5.82 Å². The highest BCUT2D eigenvalue weighted by molar-refractivity contribution is 5.87. The van der Waals surface area contributed by atoms with Crippen LogP contribution in [0.4, 0.5) is 10.1 Å². The van der Waals surface area contributed by atoms with Crippen LogP contribution in [0, 0.1) is 11.7 Å². The van der Waals surface area contributed by atoms with E-state index in [2.05, 4.69) is 11.8 Å². The summed E-state index contributed by atoms with van der Waals surface area (Å²) in [6.07, 6.45) is 7.05. The molecule has 2 rings (SSSR count). The Morgan fingerprint density at radius 1 is 1.38 bits per heavy atom. The molecule has 0 saturated heterocycles. The highest BCUT2D eigenvalue weighted by Crippen LogP contribution is 2.33. The van der Waals surface area contributed by atoms with Crippen LogP contribution in [0.2, 0.25) is 0 Å². The lowest BCUT2D eigenvalue weighted by molar-refractivity contribution is -0.131. The van der Waals surface area contributed by atoms with Gasteiger partial charge in [0.2, 0.25) is 0 Å². The summed E-state index contributed by atoms with van der Waals surface area (Å²) >= 11 is 0. The smallest absolute Gasteiger partial charge is 0.328 e. The van der Waals surface area contributed by atoms with E-state index in [0.717, 1.165) is 18.2 Å². The van der Waals surface area contributed by atoms with Crippen molar-refractivity contribution in [3.05, 3.63) is 35.7 Å². The number of benzene rings is 1. The van der Waals surface area contributed by atoms with E-state index >= 15 is 0 Å². The number of hydrogen-bond acceptors (Lipinski definition) is 2. The summed E-state index contributed by atoms with van der Waals surface area (Å²) in [7, 11) is 1.97. The average Bonchev–Trinajstić information content (AvgIpc) is 2.45. The predicted octanol–water partition coefficient (Wildman–Crippen LogP) is 3.94. The average molecular weight is 291 g/mol. The van der Waals surface area contributed by atoms with Gasteiger partial charge in [0, 0.05) is 30.4 Å². The lowest BCUT2D eigenvalue weighted by Gasteiger charge is -2.38. The van der Waals surface area contributed by atoms with Crippen molar-refractivity contribution in [2.24, 2.45) is 5.92 Å². The Balaban J connectivity index is 2.33. The van der Waals surface area contributed by atoms with Crippen LogP contribution in [-0.2, 0) is 4.79 Å². The minimum atomic E-state index is -1.07. The van der Waals surface area contributed by atoms with Crippen molar-refractivity contribution in [3.8, 4) is 0 Å². The number of halogens is 1. The standard InChI is InChI=1S/C17H22FNO2/c1-12-6-3-4-8-15(12)19(2)16-9-5-7-14(18)13(16)10-11-17(20)21/h5,7,9-12,15H,3-4,6,8H2,1-2H3,(H,20,21)/b11-10+. The van der Waals surface area contributed by atoms with E-state index in [1.165, 1.54) is 31.4 Å². The molecule has 4 heteroatoms. The molecule has 3 nitrogen and oxygen atoms in total. The van der Waals surface area contributed by atoms with E-state index in [1.807, 2.05) is 13.1 Å². The van der Waals surface area contributed by atoms with Gasteiger partial charge in [-0.15, -0.1) is 0 Å². The van der Waals surface area contributed by atoms with Gasteiger partial charge in [-0.05, 0) is 37.0 Å².